The summed E-state index contributed by atoms with van der Waals surface area (Å²) < 4.78 is 8.51. The number of rotatable bonds is 14. The highest BCUT2D eigenvalue weighted by atomic mass is 35.5. The van der Waals surface area contributed by atoms with Gasteiger partial charge in [0.15, 0.2) is 0 Å². The average molecular weight is 671 g/mol. The van der Waals surface area contributed by atoms with E-state index in [-0.39, 0.29) is 18.2 Å². The zero-order valence-electron chi connectivity index (χ0n) is 26.3. The Balaban J connectivity index is 1.43. The smallest absolute Gasteiger partial charge is 0.417 e. The second kappa shape index (κ2) is 17.4. The molecule has 0 aliphatic carbocycles. The zero-order valence-corrected chi connectivity index (χ0v) is 27.9. The van der Waals surface area contributed by atoms with Gasteiger partial charge >= 0.3 is 6.09 Å². The number of halogens is 1. The first kappa shape index (κ1) is 35.3. The fraction of sp³-hybridized carbons (Fsp3) is 0.500. The van der Waals surface area contributed by atoms with Gasteiger partial charge in [0.05, 0.1) is 6.04 Å². The number of ether oxygens (including phenoxy) is 1. The van der Waals surface area contributed by atoms with Crippen LogP contribution in [0.3, 0.4) is 0 Å². The number of hydrogen-bond acceptors (Lipinski definition) is 7. The molecular formula is C34H43ClN4O6S. The van der Waals surface area contributed by atoms with E-state index in [1.807, 2.05) is 62.4 Å². The SMILES string of the molecule is CC(C)C[C@H](SNC(=O)OC(Cc1cccc(Cl)c1)c1ccccc1)C(=O)N[C@@H](C[C@@H]1CCNC1=O)C(=O)C(=O)N1CCCCC1. The van der Waals surface area contributed by atoms with Gasteiger partial charge in [0, 0.05) is 37.0 Å². The van der Waals surface area contributed by atoms with Gasteiger partial charge in [-0.05, 0) is 79.7 Å². The standard InChI is InChI=1S/C34H43ClN4O6S/c1-22(2)18-29(46-38-34(44)45-28(24-11-5-3-6-12-24)20-23-10-9-13-26(35)19-23)32(42)37-27(21-25-14-15-36-31(25)41)30(40)33(43)39-16-7-4-8-17-39/h3,5-6,9-13,19,22,25,27-29H,4,7-8,14-18,20-21H2,1-2H3,(H,36,41)(H,37,42)(H,38,44)/t25-,27-,28?,29-/m0/s1. The van der Waals surface area contributed by atoms with E-state index in [2.05, 4.69) is 15.4 Å². The van der Waals surface area contributed by atoms with Crippen LogP contribution in [0.4, 0.5) is 4.79 Å². The number of nitrogens with one attached hydrogen (secondary N) is 3. The molecule has 2 aliphatic rings. The topological polar surface area (TPSA) is 134 Å². The van der Waals surface area contributed by atoms with E-state index < -0.39 is 47.0 Å². The molecule has 4 atom stereocenters. The van der Waals surface area contributed by atoms with E-state index in [1.165, 1.54) is 4.90 Å². The summed E-state index contributed by atoms with van der Waals surface area (Å²) in [6.07, 6.45) is 2.63. The van der Waals surface area contributed by atoms with Crippen molar-refractivity contribution < 1.29 is 28.7 Å². The number of benzene rings is 2. The molecule has 0 aromatic heterocycles. The van der Waals surface area contributed by atoms with Crippen LogP contribution in [0.25, 0.3) is 0 Å². The third-order valence-corrected chi connectivity index (χ3v) is 9.37. The van der Waals surface area contributed by atoms with Crippen LogP contribution in [0.15, 0.2) is 54.6 Å². The largest absolute Gasteiger partial charge is 0.440 e. The van der Waals surface area contributed by atoms with E-state index in [0.29, 0.717) is 43.9 Å². The molecule has 2 aromatic rings. The Hall–Kier alpha value is -3.57. The van der Waals surface area contributed by atoms with Crippen molar-refractivity contribution in [1.82, 2.24) is 20.3 Å². The van der Waals surface area contributed by atoms with E-state index >= 15 is 0 Å². The van der Waals surface area contributed by atoms with Gasteiger partial charge in [0.2, 0.25) is 17.6 Å². The number of ketones is 1. The molecule has 2 saturated heterocycles. The minimum Gasteiger partial charge on any atom is -0.440 e. The lowest BCUT2D eigenvalue weighted by molar-refractivity contribution is -0.147. The van der Waals surface area contributed by atoms with Crippen molar-refractivity contribution in [2.45, 2.75) is 76.2 Å². The summed E-state index contributed by atoms with van der Waals surface area (Å²) in [7, 11) is 0. The summed E-state index contributed by atoms with van der Waals surface area (Å²) in [5.74, 6) is -2.46. The van der Waals surface area contributed by atoms with Gasteiger partial charge in [-0.15, -0.1) is 0 Å². The molecule has 4 amide bonds. The number of Topliss-reactive ketones (excluding diaryl/α,β-unsaturated/α-hetero) is 1. The zero-order chi connectivity index (χ0) is 33.1. The molecule has 46 heavy (non-hydrogen) atoms. The third kappa shape index (κ3) is 10.5. The number of hydrogen-bond donors (Lipinski definition) is 3. The number of likely N-dealkylation sites (tertiary alicyclic amines) is 1. The van der Waals surface area contributed by atoms with E-state index in [9.17, 15) is 24.0 Å². The summed E-state index contributed by atoms with van der Waals surface area (Å²) in [5, 5.41) is 5.33. The van der Waals surface area contributed by atoms with Crippen LogP contribution in [0.1, 0.15) is 69.6 Å². The Morgan fingerprint density at radius 3 is 2.43 bits per heavy atom. The number of amides is 4. The molecular weight excluding hydrogens is 628 g/mol. The summed E-state index contributed by atoms with van der Waals surface area (Å²) in [5.41, 5.74) is 1.69. The average Bonchev–Trinajstić information content (AvgIpc) is 3.46. The number of piperidine rings is 1. The summed E-state index contributed by atoms with van der Waals surface area (Å²) in [4.78, 5) is 67.3. The Bertz CT molecular complexity index is 1370. The first-order valence-electron chi connectivity index (χ1n) is 15.9. The molecule has 0 saturated carbocycles. The van der Waals surface area contributed by atoms with Gasteiger partial charge in [-0.3, -0.25) is 23.9 Å². The van der Waals surface area contributed by atoms with Crippen LogP contribution >= 0.6 is 23.5 Å². The highest BCUT2D eigenvalue weighted by Gasteiger charge is 2.37. The quantitative estimate of drug-likeness (QED) is 0.190. The maximum Gasteiger partial charge on any atom is 0.417 e. The van der Waals surface area contributed by atoms with Crippen molar-refractivity contribution in [3.63, 3.8) is 0 Å². The third-order valence-electron chi connectivity index (χ3n) is 8.16. The molecule has 0 bridgehead atoms. The molecule has 2 fully saturated rings. The summed E-state index contributed by atoms with van der Waals surface area (Å²) in [6, 6.07) is 15.5. The minimum atomic E-state index is -1.15. The highest BCUT2D eigenvalue weighted by Crippen LogP contribution is 2.26. The van der Waals surface area contributed by atoms with Crippen LogP contribution in [-0.2, 0) is 30.3 Å². The highest BCUT2D eigenvalue weighted by molar-refractivity contribution is 7.99. The molecule has 12 heteroatoms. The molecule has 2 aromatic carbocycles. The molecule has 0 radical (unpaired) electrons. The molecule has 0 spiro atoms. The number of carbonyl (C=O) groups is 5. The Morgan fingerprint density at radius 2 is 1.78 bits per heavy atom. The minimum absolute atomic E-state index is 0.0345. The molecule has 4 rings (SSSR count). The van der Waals surface area contributed by atoms with Crippen LogP contribution < -0.4 is 15.4 Å². The Labute approximate surface area is 279 Å². The van der Waals surface area contributed by atoms with Crippen molar-refractivity contribution in [3.8, 4) is 0 Å². The molecule has 1 unspecified atom stereocenters. The van der Waals surface area contributed by atoms with Crippen molar-refractivity contribution >= 4 is 53.1 Å². The molecule has 2 aliphatic heterocycles. The lowest BCUT2D eigenvalue weighted by atomic mass is 9.94. The summed E-state index contributed by atoms with van der Waals surface area (Å²) in [6.45, 7) is 5.36. The van der Waals surface area contributed by atoms with Crippen LogP contribution in [-0.4, -0.2) is 65.4 Å². The second-order valence-electron chi connectivity index (χ2n) is 12.3. The second-order valence-corrected chi connectivity index (χ2v) is 13.7. The fourth-order valence-electron chi connectivity index (χ4n) is 5.74. The molecule has 248 valence electrons. The van der Waals surface area contributed by atoms with Gasteiger partial charge in [-0.1, -0.05) is 67.9 Å². The van der Waals surface area contributed by atoms with Gasteiger partial charge in [-0.25, -0.2) is 4.79 Å². The molecule has 3 N–H and O–H groups in total. The molecule has 10 nitrogen and oxygen atoms in total. The van der Waals surface area contributed by atoms with Crippen LogP contribution in [0.2, 0.25) is 5.02 Å². The maximum atomic E-state index is 13.7. The summed E-state index contributed by atoms with van der Waals surface area (Å²) >= 11 is 7.08. The van der Waals surface area contributed by atoms with Gasteiger partial charge in [0.25, 0.3) is 5.91 Å². The first-order chi connectivity index (χ1) is 22.1. The first-order valence-corrected chi connectivity index (χ1v) is 17.2. The van der Waals surface area contributed by atoms with E-state index in [4.69, 9.17) is 16.3 Å². The fourth-order valence-corrected chi connectivity index (χ4v) is 6.89. The van der Waals surface area contributed by atoms with Gasteiger partial charge in [0.1, 0.15) is 11.4 Å². The van der Waals surface area contributed by atoms with Crippen LogP contribution in [0, 0.1) is 11.8 Å². The van der Waals surface area contributed by atoms with Crippen molar-refractivity contribution in [3.05, 3.63) is 70.7 Å². The number of carbonyl (C=O) groups excluding carboxylic acids is 5. The normalized spacial score (nSPS) is 18.3. The van der Waals surface area contributed by atoms with Crippen LogP contribution in [0.5, 0.6) is 0 Å². The van der Waals surface area contributed by atoms with Crippen molar-refractivity contribution in [2.75, 3.05) is 19.6 Å². The monoisotopic (exact) mass is 670 g/mol. The van der Waals surface area contributed by atoms with Gasteiger partial charge < -0.3 is 20.3 Å². The van der Waals surface area contributed by atoms with E-state index in [1.54, 1.807) is 6.07 Å². The maximum absolute atomic E-state index is 13.7. The predicted molar refractivity (Wildman–Crippen MR) is 178 cm³/mol. The number of nitrogens with zero attached hydrogens (tertiary/aromatic N) is 1. The van der Waals surface area contributed by atoms with Gasteiger partial charge in [-0.2, -0.15) is 0 Å². The van der Waals surface area contributed by atoms with Crippen molar-refractivity contribution in [1.29, 1.82) is 0 Å². The molecule has 2 heterocycles. The van der Waals surface area contributed by atoms with Crippen molar-refractivity contribution in [2.24, 2.45) is 11.8 Å². The Morgan fingerprint density at radius 1 is 1.04 bits per heavy atom. The Kier molecular flexibility index (Phi) is 13.3. The lowest BCUT2D eigenvalue weighted by Crippen LogP contribution is -2.52. The predicted octanol–water partition coefficient (Wildman–Crippen LogP) is 5.01. The lowest BCUT2D eigenvalue weighted by Gasteiger charge is -2.29. The van der Waals surface area contributed by atoms with E-state index in [0.717, 1.165) is 42.3 Å².